The Morgan fingerprint density at radius 2 is 1.68 bits per heavy atom. The molecule has 0 aromatic heterocycles. The fraction of sp³-hybridized carbons (Fsp3) is 0.429. The number of benzene rings is 1. The summed E-state index contributed by atoms with van der Waals surface area (Å²) in [5.41, 5.74) is 0.176. The van der Waals surface area contributed by atoms with E-state index in [0.29, 0.717) is 33.9 Å². The Balaban J connectivity index is 2.28. The molecule has 0 aliphatic carbocycles. The zero-order valence-corrected chi connectivity index (χ0v) is 15.0. The minimum Gasteiger partial charge on any atom is -0.444 e. The van der Waals surface area contributed by atoms with Crippen LogP contribution in [0, 0.1) is 0 Å². The van der Waals surface area contributed by atoms with Crippen molar-refractivity contribution in [3.05, 3.63) is 28.2 Å². The Labute approximate surface area is 145 Å². The second kappa shape index (κ2) is 8.41. The van der Waals surface area contributed by atoms with Gasteiger partial charge in [0.25, 0.3) is 0 Å². The van der Waals surface area contributed by atoms with Gasteiger partial charge in [-0.15, -0.1) is 0 Å². The SMILES string of the molecule is CC(C)(C)OC(=O)NCCNC(=S)Nc1cc(Cl)cc(Cl)c1. The second-order valence-electron chi connectivity index (χ2n) is 5.47. The minimum absolute atomic E-state index is 0.382. The molecule has 0 spiro atoms. The van der Waals surface area contributed by atoms with Crippen molar-refractivity contribution in [3.8, 4) is 0 Å². The van der Waals surface area contributed by atoms with Crippen molar-refractivity contribution >= 4 is 52.3 Å². The monoisotopic (exact) mass is 363 g/mol. The van der Waals surface area contributed by atoms with Crippen molar-refractivity contribution < 1.29 is 9.53 Å². The van der Waals surface area contributed by atoms with Gasteiger partial charge >= 0.3 is 6.09 Å². The third-order valence-electron chi connectivity index (χ3n) is 2.20. The van der Waals surface area contributed by atoms with Gasteiger partial charge in [0.1, 0.15) is 5.60 Å². The highest BCUT2D eigenvalue weighted by Gasteiger charge is 2.15. The van der Waals surface area contributed by atoms with E-state index >= 15 is 0 Å². The fourth-order valence-electron chi connectivity index (χ4n) is 1.46. The highest BCUT2D eigenvalue weighted by Crippen LogP contribution is 2.22. The van der Waals surface area contributed by atoms with Crippen molar-refractivity contribution in [2.75, 3.05) is 18.4 Å². The van der Waals surface area contributed by atoms with Gasteiger partial charge < -0.3 is 20.7 Å². The van der Waals surface area contributed by atoms with E-state index in [1.54, 1.807) is 39.0 Å². The molecule has 1 aromatic carbocycles. The number of rotatable bonds is 4. The predicted octanol–water partition coefficient (Wildman–Crippen LogP) is 3.80. The number of thiocarbonyl (C=S) groups is 1. The van der Waals surface area contributed by atoms with Crippen LogP contribution in [0.3, 0.4) is 0 Å². The highest BCUT2D eigenvalue weighted by molar-refractivity contribution is 7.80. The average Bonchev–Trinajstić information content (AvgIpc) is 2.31. The minimum atomic E-state index is -0.514. The van der Waals surface area contributed by atoms with Crippen LogP contribution in [0.2, 0.25) is 10.0 Å². The molecular formula is C14H19Cl2N3O2S. The van der Waals surface area contributed by atoms with Crippen LogP contribution in [0.15, 0.2) is 18.2 Å². The molecule has 0 heterocycles. The van der Waals surface area contributed by atoms with E-state index in [0.717, 1.165) is 0 Å². The molecule has 0 aliphatic heterocycles. The molecule has 0 saturated carbocycles. The van der Waals surface area contributed by atoms with Crippen molar-refractivity contribution in [3.63, 3.8) is 0 Å². The van der Waals surface area contributed by atoms with Gasteiger partial charge in [0.2, 0.25) is 0 Å². The van der Waals surface area contributed by atoms with Crippen LogP contribution < -0.4 is 16.0 Å². The maximum atomic E-state index is 11.4. The number of ether oxygens (including phenoxy) is 1. The lowest BCUT2D eigenvalue weighted by Crippen LogP contribution is -2.39. The molecule has 0 atom stereocenters. The average molecular weight is 364 g/mol. The van der Waals surface area contributed by atoms with E-state index in [4.69, 9.17) is 40.2 Å². The number of anilines is 1. The van der Waals surface area contributed by atoms with Gasteiger partial charge in [-0.3, -0.25) is 0 Å². The molecule has 1 aromatic rings. The maximum absolute atomic E-state index is 11.4. The lowest BCUT2D eigenvalue weighted by Gasteiger charge is -2.19. The molecule has 1 rings (SSSR count). The Hall–Kier alpha value is -1.24. The van der Waals surface area contributed by atoms with Gasteiger partial charge in [0.05, 0.1) is 0 Å². The molecule has 0 aliphatic rings. The summed E-state index contributed by atoms with van der Waals surface area (Å²) in [6, 6.07) is 5.05. The molecule has 0 bridgehead atoms. The number of nitrogens with one attached hydrogen (secondary N) is 3. The molecular weight excluding hydrogens is 345 g/mol. The standard InChI is InChI=1S/C14H19Cl2N3O2S/c1-14(2,3)21-13(20)18-5-4-17-12(22)19-11-7-9(15)6-10(16)8-11/h6-8H,4-5H2,1-3H3,(H,18,20)(H2,17,19,22). The topological polar surface area (TPSA) is 62.4 Å². The molecule has 122 valence electrons. The smallest absolute Gasteiger partial charge is 0.407 e. The van der Waals surface area contributed by atoms with Crippen molar-refractivity contribution in [1.29, 1.82) is 0 Å². The van der Waals surface area contributed by atoms with Crippen molar-refractivity contribution in [2.45, 2.75) is 26.4 Å². The van der Waals surface area contributed by atoms with E-state index in [9.17, 15) is 4.79 Å². The van der Waals surface area contributed by atoms with Crippen LogP contribution in [0.25, 0.3) is 0 Å². The molecule has 0 saturated heterocycles. The zero-order chi connectivity index (χ0) is 16.8. The summed E-state index contributed by atoms with van der Waals surface area (Å²) < 4.78 is 5.11. The van der Waals surface area contributed by atoms with Crippen molar-refractivity contribution in [2.24, 2.45) is 0 Å². The van der Waals surface area contributed by atoms with Crippen LogP contribution >= 0.6 is 35.4 Å². The summed E-state index contributed by atoms with van der Waals surface area (Å²) in [5.74, 6) is 0. The Bertz CT molecular complexity index is 527. The number of halogens is 2. The molecule has 8 heteroatoms. The number of hydrogen-bond donors (Lipinski definition) is 3. The lowest BCUT2D eigenvalue weighted by atomic mass is 10.2. The first-order valence-corrected chi connectivity index (χ1v) is 7.80. The zero-order valence-electron chi connectivity index (χ0n) is 12.6. The summed E-state index contributed by atoms with van der Waals surface area (Å²) in [5, 5.41) is 9.98. The van der Waals surface area contributed by atoms with Crippen LogP contribution in [-0.2, 0) is 4.74 Å². The van der Waals surface area contributed by atoms with Crippen LogP contribution in [0.5, 0.6) is 0 Å². The summed E-state index contributed by atoms with van der Waals surface area (Å²) in [6.45, 7) is 6.26. The second-order valence-corrected chi connectivity index (χ2v) is 6.75. The molecule has 0 unspecified atom stereocenters. The molecule has 0 fully saturated rings. The summed E-state index contributed by atoms with van der Waals surface area (Å²) in [4.78, 5) is 11.4. The predicted molar refractivity (Wildman–Crippen MR) is 94.9 cm³/mol. The molecule has 5 nitrogen and oxygen atoms in total. The first kappa shape index (κ1) is 18.8. The van der Waals surface area contributed by atoms with Crippen LogP contribution in [-0.4, -0.2) is 29.9 Å². The van der Waals surface area contributed by atoms with Gasteiger partial charge in [0, 0.05) is 28.8 Å². The van der Waals surface area contributed by atoms with E-state index < -0.39 is 11.7 Å². The Morgan fingerprint density at radius 3 is 2.23 bits per heavy atom. The quantitative estimate of drug-likeness (QED) is 0.560. The third-order valence-corrected chi connectivity index (χ3v) is 2.88. The van der Waals surface area contributed by atoms with E-state index in [1.165, 1.54) is 0 Å². The van der Waals surface area contributed by atoms with E-state index in [-0.39, 0.29) is 0 Å². The van der Waals surface area contributed by atoms with Gasteiger partial charge in [-0.1, -0.05) is 23.2 Å². The van der Waals surface area contributed by atoms with Crippen LogP contribution in [0.4, 0.5) is 10.5 Å². The molecule has 0 radical (unpaired) electrons. The number of amides is 1. The number of hydrogen-bond acceptors (Lipinski definition) is 3. The van der Waals surface area contributed by atoms with Gasteiger partial charge in [-0.25, -0.2) is 4.79 Å². The third kappa shape index (κ3) is 8.26. The molecule has 1 amide bonds. The number of carbonyl (C=O) groups is 1. The first-order valence-electron chi connectivity index (χ1n) is 6.63. The van der Waals surface area contributed by atoms with Crippen LogP contribution in [0.1, 0.15) is 20.8 Å². The Kier molecular flexibility index (Phi) is 7.19. The normalized spacial score (nSPS) is 10.8. The summed E-state index contributed by atoms with van der Waals surface area (Å²) in [7, 11) is 0. The van der Waals surface area contributed by atoms with E-state index in [1.807, 2.05) is 0 Å². The fourth-order valence-corrected chi connectivity index (χ4v) is 2.20. The molecule has 3 N–H and O–H groups in total. The van der Waals surface area contributed by atoms with Crippen molar-refractivity contribution in [1.82, 2.24) is 10.6 Å². The largest absolute Gasteiger partial charge is 0.444 e. The van der Waals surface area contributed by atoms with Gasteiger partial charge in [-0.2, -0.15) is 0 Å². The first-order chi connectivity index (χ1) is 10.2. The number of carbonyl (C=O) groups excluding carboxylic acids is 1. The molecule has 22 heavy (non-hydrogen) atoms. The lowest BCUT2D eigenvalue weighted by molar-refractivity contribution is 0.0529. The Morgan fingerprint density at radius 1 is 1.14 bits per heavy atom. The highest BCUT2D eigenvalue weighted by atomic mass is 35.5. The summed E-state index contributed by atoms with van der Waals surface area (Å²) >= 11 is 16.9. The van der Waals surface area contributed by atoms with Gasteiger partial charge in [0.15, 0.2) is 5.11 Å². The summed E-state index contributed by atoms with van der Waals surface area (Å²) in [6.07, 6.45) is -0.463. The maximum Gasteiger partial charge on any atom is 0.407 e. The number of alkyl carbamates (subject to hydrolysis) is 1. The van der Waals surface area contributed by atoms with Gasteiger partial charge in [-0.05, 0) is 51.2 Å². The van der Waals surface area contributed by atoms with E-state index in [2.05, 4.69) is 16.0 Å².